The van der Waals surface area contributed by atoms with E-state index in [0.717, 1.165) is 0 Å². The molecule has 0 bridgehead atoms. The van der Waals surface area contributed by atoms with Crippen LogP contribution in [-0.4, -0.2) is 51.9 Å². The Morgan fingerprint density at radius 2 is 0.646 bits per heavy atom. The van der Waals surface area contributed by atoms with Gasteiger partial charge in [0.2, 0.25) is 0 Å². The number of aliphatic hydroxyl groups excluding tert-OH is 3. The van der Waals surface area contributed by atoms with Crippen molar-refractivity contribution in [3.63, 3.8) is 0 Å². The monoisotopic (exact) mass is 726 g/mol. The maximum atomic E-state index is 13.9. The van der Waals surface area contributed by atoms with Gasteiger partial charge in [-0.1, -0.05) is 72.8 Å². The van der Waals surface area contributed by atoms with Gasteiger partial charge < -0.3 is 15.3 Å². The van der Waals surface area contributed by atoms with Gasteiger partial charge >= 0.3 is 23.5 Å². The minimum absolute atomic E-state index is 0.182. The molecule has 3 N–H and O–H groups in total. The number of benzene rings is 3. The molecule has 0 spiro atoms. The van der Waals surface area contributed by atoms with Crippen molar-refractivity contribution in [2.75, 3.05) is 0 Å². The molecular weight excluding hydrogens is 693 g/mol. The molecule has 1 fully saturated rings. The zero-order valence-corrected chi connectivity index (χ0v) is 27.9. The van der Waals surface area contributed by atoms with Crippen molar-refractivity contribution < 1.29 is 69.7 Å². The lowest BCUT2D eigenvalue weighted by molar-refractivity contribution is -0.215. The Kier molecular flexibility index (Phi) is 9.93. The van der Waals surface area contributed by atoms with E-state index in [1.807, 2.05) is 0 Å². The van der Waals surface area contributed by atoms with Crippen molar-refractivity contribution in [3.8, 4) is 0 Å². The molecule has 3 heterocycles. The second-order valence-corrected chi connectivity index (χ2v) is 16.3. The summed E-state index contributed by atoms with van der Waals surface area (Å²) in [7, 11) is -13.7. The number of hydrogen-bond acceptors (Lipinski definition) is 15. The molecule has 15 nitrogen and oxygen atoms in total. The van der Waals surface area contributed by atoms with Gasteiger partial charge in [-0.2, -0.15) is 0 Å². The van der Waals surface area contributed by atoms with Crippen molar-refractivity contribution >= 4 is 23.5 Å². The van der Waals surface area contributed by atoms with Gasteiger partial charge in [-0.05, 0) is 33.4 Å². The molecule has 1 aliphatic carbocycles. The summed E-state index contributed by atoms with van der Waals surface area (Å²) in [6.07, 6.45) is -12.1. The number of phosphoric acid groups is 3. The number of fused-ring (bicyclic) bond motifs is 3. The molecular formula is C30H33O15P3. The van der Waals surface area contributed by atoms with Gasteiger partial charge in [0, 0.05) is 0 Å². The molecule has 6 atom stereocenters. The van der Waals surface area contributed by atoms with Crippen LogP contribution >= 0.6 is 23.5 Å². The van der Waals surface area contributed by atoms with Crippen LogP contribution in [0, 0.1) is 0 Å². The molecule has 3 aromatic carbocycles. The Bertz CT molecular complexity index is 1690. The summed E-state index contributed by atoms with van der Waals surface area (Å²) in [4.78, 5) is 0. The number of phosphoric ester groups is 3. The SMILES string of the molecule is O=P1(O[C@@H]2[C@@H](O)[C@H](OP3(=O)OCc4ccccc4CO3)[C@@H](OP3(=O)OCc4ccccc4CO3)[C@H](O)[C@@H]2O)OCc2ccccc2CO1. The zero-order valence-electron chi connectivity index (χ0n) is 25.2. The highest BCUT2D eigenvalue weighted by Gasteiger charge is 2.58. The summed E-state index contributed by atoms with van der Waals surface area (Å²) < 4.78 is 91.5. The quantitative estimate of drug-likeness (QED) is 0.293. The highest BCUT2D eigenvalue weighted by molar-refractivity contribution is 7.49. The van der Waals surface area contributed by atoms with Crippen LogP contribution < -0.4 is 0 Å². The first-order valence-corrected chi connectivity index (χ1v) is 19.4. The van der Waals surface area contributed by atoms with E-state index in [-0.39, 0.29) is 39.6 Å². The van der Waals surface area contributed by atoms with Crippen LogP contribution in [0.1, 0.15) is 33.4 Å². The Hall–Kier alpha value is -2.13. The summed E-state index contributed by atoms with van der Waals surface area (Å²) in [5.74, 6) is 0. The molecule has 0 amide bonds. The minimum Gasteiger partial charge on any atom is -0.387 e. The standard InChI is InChI=1S/C30H33O15P3/c31-25-26(32)29(44-47(35)39-15-21-9-3-4-10-22(21)16-40-47)30(45-48(36)41-17-23-11-5-6-12-24(23)18-42-48)27(33)28(25)43-46(34)37-13-19-7-1-2-8-20(19)14-38-46/h1-12,25-33H,13-18H2/t25-,26+,27+,28-,29-,30-/m0/s1. The molecule has 0 aromatic heterocycles. The second kappa shape index (κ2) is 13.9. The van der Waals surface area contributed by atoms with E-state index in [4.69, 9.17) is 40.7 Å². The lowest BCUT2D eigenvalue weighted by Gasteiger charge is -2.45. The third kappa shape index (κ3) is 7.19. The number of hydrogen-bond donors (Lipinski definition) is 3. The maximum Gasteiger partial charge on any atom is 0.475 e. The van der Waals surface area contributed by atoms with Gasteiger partial charge in [0.05, 0.1) is 39.6 Å². The van der Waals surface area contributed by atoms with Gasteiger partial charge in [0.25, 0.3) is 0 Å². The van der Waals surface area contributed by atoms with Crippen molar-refractivity contribution in [1.82, 2.24) is 0 Å². The molecule has 18 heteroatoms. The topological polar surface area (TPSA) is 195 Å². The van der Waals surface area contributed by atoms with Gasteiger partial charge in [-0.3, -0.25) is 40.7 Å². The lowest BCUT2D eigenvalue weighted by atomic mass is 9.85. The van der Waals surface area contributed by atoms with Crippen LogP contribution in [0.4, 0.5) is 0 Å². The third-order valence-corrected chi connectivity index (χ3v) is 12.6. The van der Waals surface area contributed by atoms with E-state index in [1.165, 1.54) is 0 Å². The summed E-state index contributed by atoms with van der Waals surface area (Å²) in [5.41, 5.74) is 4.02. The van der Waals surface area contributed by atoms with Crippen LogP contribution in [0.5, 0.6) is 0 Å². The second-order valence-electron chi connectivity index (χ2n) is 11.5. The third-order valence-electron chi connectivity index (χ3n) is 8.40. The summed E-state index contributed by atoms with van der Waals surface area (Å²) in [6.45, 7) is -1.15. The number of rotatable bonds is 6. The Labute approximate surface area is 275 Å². The van der Waals surface area contributed by atoms with E-state index in [0.29, 0.717) is 33.4 Å². The molecule has 48 heavy (non-hydrogen) atoms. The molecule has 7 rings (SSSR count). The van der Waals surface area contributed by atoms with Gasteiger partial charge in [0.15, 0.2) is 0 Å². The summed E-state index contributed by atoms with van der Waals surface area (Å²) in [5, 5.41) is 34.2. The van der Waals surface area contributed by atoms with Crippen LogP contribution in [0.25, 0.3) is 0 Å². The Morgan fingerprint density at radius 3 is 0.938 bits per heavy atom. The van der Waals surface area contributed by atoms with E-state index >= 15 is 0 Å². The molecule has 1 saturated carbocycles. The Balaban J connectivity index is 1.16. The fourth-order valence-electron chi connectivity index (χ4n) is 5.69. The smallest absolute Gasteiger partial charge is 0.387 e. The van der Waals surface area contributed by atoms with Crippen molar-refractivity contribution in [2.24, 2.45) is 0 Å². The van der Waals surface area contributed by atoms with Gasteiger partial charge in [-0.15, -0.1) is 0 Å². The van der Waals surface area contributed by atoms with Crippen LogP contribution in [0.2, 0.25) is 0 Å². The molecule has 3 aromatic rings. The zero-order chi connectivity index (χ0) is 33.5. The normalized spacial score (nSPS) is 30.8. The first-order valence-electron chi connectivity index (χ1n) is 15.0. The first-order chi connectivity index (χ1) is 23.0. The van der Waals surface area contributed by atoms with Crippen LogP contribution in [0.15, 0.2) is 72.8 Å². The van der Waals surface area contributed by atoms with E-state index in [1.54, 1.807) is 72.8 Å². The largest absolute Gasteiger partial charge is 0.475 e. The average Bonchev–Trinajstić information content (AvgIpc) is 3.46. The fourth-order valence-corrected chi connectivity index (χ4v) is 9.69. The van der Waals surface area contributed by atoms with E-state index in [9.17, 15) is 29.0 Å². The molecule has 3 aliphatic heterocycles. The first kappa shape index (κ1) is 34.3. The molecule has 4 aliphatic rings. The molecule has 258 valence electrons. The summed E-state index contributed by atoms with van der Waals surface area (Å²) in [6, 6.07) is 21.0. The minimum atomic E-state index is -4.58. The average molecular weight is 727 g/mol. The van der Waals surface area contributed by atoms with Crippen molar-refractivity contribution in [2.45, 2.75) is 76.3 Å². The van der Waals surface area contributed by atoms with Crippen molar-refractivity contribution in [3.05, 3.63) is 106 Å². The maximum absolute atomic E-state index is 13.9. The molecule has 0 unspecified atom stereocenters. The predicted molar refractivity (Wildman–Crippen MR) is 164 cm³/mol. The van der Waals surface area contributed by atoms with Gasteiger partial charge in [-0.25, -0.2) is 13.7 Å². The van der Waals surface area contributed by atoms with Gasteiger partial charge in [0.1, 0.15) is 36.6 Å². The fraction of sp³-hybridized carbons (Fsp3) is 0.400. The Morgan fingerprint density at radius 1 is 0.417 bits per heavy atom. The molecule has 0 saturated heterocycles. The van der Waals surface area contributed by atoms with Crippen molar-refractivity contribution in [1.29, 1.82) is 0 Å². The predicted octanol–water partition coefficient (Wildman–Crippen LogP) is 4.80. The number of aliphatic hydroxyl groups is 3. The summed E-state index contributed by atoms with van der Waals surface area (Å²) >= 11 is 0. The molecule has 0 radical (unpaired) electrons. The lowest BCUT2D eigenvalue weighted by Crippen LogP contribution is -2.65. The highest BCUT2D eigenvalue weighted by Crippen LogP contribution is 2.60. The van der Waals surface area contributed by atoms with Crippen LogP contribution in [-0.2, 0) is 94.1 Å². The van der Waals surface area contributed by atoms with Crippen LogP contribution in [0.3, 0.4) is 0 Å². The van der Waals surface area contributed by atoms with E-state index in [2.05, 4.69) is 0 Å². The highest BCUT2D eigenvalue weighted by atomic mass is 31.2. The van der Waals surface area contributed by atoms with E-state index < -0.39 is 60.1 Å².